The van der Waals surface area contributed by atoms with Gasteiger partial charge in [-0.1, -0.05) is 22.9 Å². The molecule has 0 radical (unpaired) electrons. The average molecular weight is 290 g/mol. The number of rotatable bonds is 5. The van der Waals surface area contributed by atoms with E-state index in [2.05, 4.69) is 15.9 Å². The van der Waals surface area contributed by atoms with Crippen LogP contribution < -0.4 is 10.5 Å². The Morgan fingerprint density at radius 3 is 2.69 bits per heavy atom. The van der Waals surface area contributed by atoms with Gasteiger partial charge in [-0.25, -0.2) is 4.39 Å². The Kier molecular flexibility index (Phi) is 4.74. The van der Waals surface area contributed by atoms with Crippen molar-refractivity contribution in [2.24, 2.45) is 5.73 Å². The van der Waals surface area contributed by atoms with Crippen molar-refractivity contribution in [2.45, 2.75) is 25.4 Å². The van der Waals surface area contributed by atoms with Crippen LogP contribution in [0.3, 0.4) is 0 Å². The van der Waals surface area contributed by atoms with Crippen molar-refractivity contribution in [3.63, 3.8) is 0 Å². The fourth-order valence-corrected chi connectivity index (χ4v) is 1.98. The van der Waals surface area contributed by atoms with E-state index >= 15 is 0 Å². The molecule has 0 amide bonds. The van der Waals surface area contributed by atoms with E-state index in [-0.39, 0.29) is 13.0 Å². The van der Waals surface area contributed by atoms with Crippen LogP contribution >= 0.6 is 15.9 Å². The van der Waals surface area contributed by atoms with Gasteiger partial charge in [-0.15, -0.1) is 0 Å². The fraction of sp³-hybridized carbons (Fsp3) is 0.500. The molecule has 1 aromatic carbocycles. The lowest BCUT2D eigenvalue weighted by molar-refractivity contribution is 0.166. The third-order valence-electron chi connectivity index (χ3n) is 2.75. The van der Waals surface area contributed by atoms with Gasteiger partial charge in [0.25, 0.3) is 0 Å². The second-order valence-electron chi connectivity index (χ2n) is 3.84. The van der Waals surface area contributed by atoms with Crippen LogP contribution in [0.1, 0.15) is 18.9 Å². The normalized spacial score (nSPS) is 14.6. The highest BCUT2D eigenvalue weighted by Gasteiger charge is 2.27. The van der Waals surface area contributed by atoms with E-state index in [9.17, 15) is 4.39 Å². The van der Waals surface area contributed by atoms with Crippen molar-refractivity contribution in [1.82, 2.24) is 0 Å². The highest BCUT2D eigenvalue weighted by atomic mass is 79.9. The number of hydrogen-bond acceptors (Lipinski definition) is 2. The summed E-state index contributed by atoms with van der Waals surface area (Å²) in [6, 6.07) is 5.57. The lowest BCUT2D eigenvalue weighted by Crippen LogP contribution is -2.34. The molecular formula is C12H17BrFNO. The molecule has 0 bridgehead atoms. The lowest BCUT2D eigenvalue weighted by atomic mass is 9.93. The SMILES string of the molecule is CCC(F)(CN)Cc1cc(Br)ccc1OC. The maximum Gasteiger partial charge on any atom is 0.127 e. The van der Waals surface area contributed by atoms with Crippen LogP contribution in [-0.2, 0) is 6.42 Å². The second-order valence-corrected chi connectivity index (χ2v) is 4.76. The van der Waals surface area contributed by atoms with Gasteiger partial charge in [-0.05, 0) is 30.2 Å². The zero-order valence-electron chi connectivity index (χ0n) is 9.59. The van der Waals surface area contributed by atoms with Crippen molar-refractivity contribution in [3.05, 3.63) is 28.2 Å². The summed E-state index contributed by atoms with van der Waals surface area (Å²) < 4.78 is 20.3. The summed E-state index contributed by atoms with van der Waals surface area (Å²) in [6.45, 7) is 1.83. The summed E-state index contributed by atoms with van der Waals surface area (Å²) in [6.07, 6.45) is 0.682. The fourth-order valence-electron chi connectivity index (χ4n) is 1.57. The van der Waals surface area contributed by atoms with Crippen LogP contribution in [0.5, 0.6) is 5.75 Å². The van der Waals surface area contributed by atoms with Crippen LogP contribution in [-0.4, -0.2) is 19.3 Å². The largest absolute Gasteiger partial charge is 0.496 e. The molecule has 1 unspecified atom stereocenters. The first-order chi connectivity index (χ1) is 7.54. The zero-order valence-corrected chi connectivity index (χ0v) is 11.2. The van der Waals surface area contributed by atoms with E-state index in [0.717, 1.165) is 10.0 Å². The molecule has 0 aromatic heterocycles. The van der Waals surface area contributed by atoms with Gasteiger partial charge >= 0.3 is 0 Å². The monoisotopic (exact) mass is 289 g/mol. The van der Waals surface area contributed by atoms with Crippen molar-refractivity contribution >= 4 is 15.9 Å². The molecule has 1 atom stereocenters. The summed E-state index contributed by atoms with van der Waals surface area (Å²) in [5.41, 5.74) is 4.95. The number of ether oxygens (including phenoxy) is 1. The first-order valence-electron chi connectivity index (χ1n) is 5.26. The molecule has 0 aliphatic carbocycles. The first-order valence-corrected chi connectivity index (χ1v) is 6.05. The van der Waals surface area contributed by atoms with Crippen molar-refractivity contribution in [2.75, 3.05) is 13.7 Å². The van der Waals surface area contributed by atoms with Gasteiger partial charge in [0.15, 0.2) is 0 Å². The summed E-state index contributed by atoms with van der Waals surface area (Å²) >= 11 is 3.37. The molecule has 90 valence electrons. The number of alkyl halides is 1. The molecule has 2 N–H and O–H groups in total. The van der Waals surface area contributed by atoms with E-state index in [1.165, 1.54) is 0 Å². The van der Waals surface area contributed by atoms with Crippen LogP contribution in [0, 0.1) is 0 Å². The summed E-state index contributed by atoms with van der Waals surface area (Å²) in [5, 5.41) is 0. The number of methoxy groups -OCH3 is 1. The molecule has 0 saturated carbocycles. The molecule has 16 heavy (non-hydrogen) atoms. The van der Waals surface area contributed by atoms with Gasteiger partial charge in [0, 0.05) is 17.4 Å². The number of nitrogens with two attached hydrogens (primary N) is 1. The molecule has 2 nitrogen and oxygen atoms in total. The summed E-state index contributed by atoms with van der Waals surface area (Å²) in [4.78, 5) is 0. The number of benzene rings is 1. The predicted octanol–water partition coefficient (Wildman–Crippen LogP) is 3.08. The Bertz CT molecular complexity index is 353. The van der Waals surface area contributed by atoms with Gasteiger partial charge in [-0.3, -0.25) is 0 Å². The van der Waals surface area contributed by atoms with E-state index in [1.54, 1.807) is 14.0 Å². The lowest BCUT2D eigenvalue weighted by Gasteiger charge is -2.23. The number of hydrogen-bond donors (Lipinski definition) is 1. The second kappa shape index (κ2) is 5.64. The minimum absolute atomic E-state index is 0.0270. The Balaban J connectivity index is 2.98. The van der Waals surface area contributed by atoms with E-state index in [4.69, 9.17) is 10.5 Å². The maximum atomic E-state index is 14.2. The Labute approximate surface area is 104 Å². The minimum atomic E-state index is -1.35. The molecule has 1 aromatic rings. The third kappa shape index (κ3) is 3.19. The molecule has 0 fully saturated rings. The Hall–Kier alpha value is -0.610. The van der Waals surface area contributed by atoms with Gasteiger partial charge in [0.1, 0.15) is 11.4 Å². The van der Waals surface area contributed by atoms with Crippen molar-refractivity contribution in [3.8, 4) is 5.75 Å². The van der Waals surface area contributed by atoms with Crippen molar-refractivity contribution < 1.29 is 9.13 Å². The molecule has 0 heterocycles. The molecule has 0 spiro atoms. The molecule has 0 saturated heterocycles. The highest BCUT2D eigenvalue weighted by molar-refractivity contribution is 9.10. The zero-order chi connectivity index (χ0) is 12.2. The summed E-state index contributed by atoms with van der Waals surface area (Å²) in [5.74, 6) is 0.701. The quantitative estimate of drug-likeness (QED) is 0.904. The molecule has 4 heteroatoms. The molecule has 0 aliphatic heterocycles. The van der Waals surface area contributed by atoms with E-state index in [0.29, 0.717) is 12.2 Å². The Morgan fingerprint density at radius 2 is 2.19 bits per heavy atom. The van der Waals surface area contributed by atoms with Crippen LogP contribution in [0.2, 0.25) is 0 Å². The van der Waals surface area contributed by atoms with Gasteiger partial charge < -0.3 is 10.5 Å². The smallest absolute Gasteiger partial charge is 0.127 e. The summed E-state index contributed by atoms with van der Waals surface area (Å²) in [7, 11) is 1.58. The molecule has 0 aliphatic rings. The van der Waals surface area contributed by atoms with E-state index in [1.807, 2.05) is 18.2 Å². The van der Waals surface area contributed by atoms with Gasteiger partial charge in [0.2, 0.25) is 0 Å². The molecule has 1 rings (SSSR count). The van der Waals surface area contributed by atoms with E-state index < -0.39 is 5.67 Å². The van der Waals surface area contributed by atoms with Crippen molar-refractivity contribution in [1.29, 1.82) is 0 Å². The minimum Gasteiger partial charge on any atom is -0.496 e. The first kappa shape index (κ1) is 13.5. The van der Waals surface area contributed by atoms with Crippen LogP contribution in [0.15, 0.2) is 22.7 Å². The van der Waals surface area contributed by atoms with Crippen LogP contribution in [0.4, 0.5) is 4.39 Å². The Morgan fingerprint density at radius 1 is 1.50 bits per heavy atom. The maximum absolute atomic E-state index is 14.2. The topological polar surface area (TPSA) is 35.2 Å². The van der Waals surface area contributed by atoms with Gasteiger partial charge in [-0.2, -0.15) is 0 Å². The number of halogens is 2. The van der Waals surface area contributed by atoms with Gasteiger partial charge in [0.05, 0.1) is 7.11 Å². The average Bonchev–Trinajstić information content (AvgIpc) is 2.29. The van der Waals surface area contributed by atoms with Crippen LogP contribution in [0.25, 0.3) is 0 Å². The standard InChI is InChI=1S/C12H17BrFNO/c1-3-12(14,8-15)7-9-6-10(13)4-5-11(9)16-2/h4-6H,3,7-8,15H2,1-2H3. The third-order valence-corrected chi connectivity index (χ3v) is 3.24. The highest BCUT2D eigenvalue weighted by Crippen LogP contribution is 2.29. The predicted molar refractivity (Wildman–Crippen MR) is 67.6 cm³/mol. The molecular weight excluding hydrogens is 273 g/mol.